The van der Waals surface area contributed by atoms with Crippen LogP contribution in [0.5, 0.6) is 0 Å². The molecule has 0 atom stereocenters. The Morgan fingerprint density at radius 2 is 2.05 bits per heavy atom. The minimum atomic E-state index is -4.50. The van der Waals surface area contributed by atoms with Gasteiger partial charge >= 0.3 is 6.18 Å². The van der Waals surface area contributed by atoms with Crippen LogP contribution in [0.2, 0.25) is 0 Å². The summed E-state index contributed by atoms with van der Waals surface area (Å²) in [6, 6.07) is 0.977. The second-order valence-corrected chi connectivity index (χ2v) is 5.73. The molecular weight excluding hydrogens is 359 g/mol. The first-order valence-electron chi connectivity index (χ1n) is 5.35. The molecular formula is C11H9BrF3N3OS. The maximum absolute atomic E-state index is 13.0. The Kier molecular flexibility index (Phi) is 4.40. The molecule has 1 N–H and O–H groups in total. The van der Waals surface area contributed by atoms with Crippen LogP contribution in [0.3, 0.4) is 0 Å². The van der Waals surface area contributed by atoms with Gasteiger partial charge in [0, 0.05) is 17.7 Å². The molecule has 2 aromatic heterocycles. The first kappa shape index (κ1) is 15.3. The topological polar surface area (TPSA) is 50.9 Å². The lowest BCUT2D eigenvalue weighted by Gasteiger charge is -2.11. The molecule has 0 unspecified atom stereocenters. The average Bonchev–Trinajstić information content (AvgIpc) is 2.71. The van der Waals surface area contributed by atoms with Crippen molar-refractivity contribution in [3.63, 3.8) is 0 Å². The summed E-state index contributed by atoms with van der Waals surface area (Å²) in [5.41, 5.74) is -0.316. The molecule has 0 aliphatic carbocycles. The van der Waals surface area contributed by atoms with Crippen molar-refractivity contribution in [2.24, 2.45) is 7.05 Å². The molecule has 0 aliphatic rings. The van der Waals surface area contributed by atoms with Gasteiger partial charge in [0.25, 0.3) is 0 Å². The number of pyridine rings is 1. The Bertz CT molecular complexity index is 630. The number of imidazole rings is 1. The predicted molar refractivity (Wildman–Crippen MR) is 70.2 cm³/mol. The third-order valence-corrected chi connectivity index (χ3v) is 4.03. The van der Waals surface area contributed by atoms with Gasteiger partial charge in [-0.1, -0.05) is 0 Å². The lowest BCUT2D eigenvalue weighted by Crippen LogP contribution is -2.08. The summed E-state index contributed by atoms with van der Waals surface area (Å²) >= 11 is 3.78. The number of aliphatic hydroxyl groups excluding tert-OH is 1. The molecule has 0 bridgehead atoms. The number of aromatic nitrogens is 3. The smallest absolute Gasteiger partial charge is 0.390 e. The molecule has 2 rings (SSSR count). The maximum atomic E-state index is 13.0. The molecule has 0 aromatic carbocycles. The number of rotatable bonds is 3. The van der Waals surface area contributed by atoms with Crippen molar-refractivity contribution >= 4 is 27.7 Å². The summed E-state index contributed by atoms with van der Waals surface area (Å²) in [7, 11) is 1.62. The quantitative estimate of drug-likeness (QED) is 0.904. The van der Waals surface area contributed by atoms with E-state index in [0.717, 1.165) is 17.8 Å². The fraction of sp³-hybridized carbons (Fsp3) is 0.273. The zero-order valence-electron chi connectivity index (χ0n) is 10.1. The van der Waals surface area contributed by atoms with Crippen molar-refractivity contribution < 1.29 is 18.3 Å². The maximum Gasteiger partial charge on any atom is 0.419 e. The van der Waals surface area contributed by atoms with E-state index in [0.29, 0.717) is 10.9 Å². The molecule has 0 fully saturated rings. The van der Waals surface area contributed by atoms with Crippen LogP contribution in [0.1, 0.15) is 11.3 Å². The summed E-state index contributed by atoms with van der Waals surface area (Å²) in [5, 5.41) is 9.19. The van der Waals surface area contributed by atoms with Gasteiger partial charge in [0.2, 0.25) is 0 Å². The van der Waals surface area contributed by atoms with Crippen LogP contribution in [0, 0.1) is 0 Å². The molecule has 20 heavy (non-hydrogen) atoms. The molecule has 0 spiro atoms. The molecule has 0 saturated carbocycles. The van der Waals surface area contributed by atoms with Crippen molar-refractivity contribution in [3.8, 4) is 0 Å². The highest BCUT2D eigenvalue weighted by molar-refractivity contribution is 9.10. The zero-order chi connectivity index (χ0) is 14.9. The van der Waals surface area contributed by atoms with E-state index in [9.17, 15) is 13.2 Å². The predicted octanol–water partition coefficient (Wildman–Crippen LogP) is 3.24. The highest BCUT2D eigenvalue weighted by atomic mass is 79.9. The number of hydrogen-bond donors (Lipinski definition) is 1. The Morgan fingerprint density at radius 1 is 1.35 bits per heavy atom. The van der Waals surface area contributed by atoms with Crippen LogP contribution >= 0.6 is 27.7 Å². The van der Waals surface area contributed by atoms with Crippen molar-refractivity contribution in [3.05, 3.63) is 34.2 Å². The third-order valence-electron chi connectivity index (χ3n) is 2.51. The van der Waals surface area contributed by atoms with Crippen molar-refractivity contribution in [2.45, 2.75) is 23.0 Å². The van der Waals surface area contributed by atoms with E-state index in [1.54, 1.807) is 7.05 Å². The fourth-order valence-corrected chi connectivity index (χ4v) is 2.72. The van der Waals surface area contributed by atoms with Crippen LogP contribution in [0.4, 0.5) is 13.2 Å². The highest BCUT2D eigenvalue weighted by Crippen LogP contribution is 2.39. The summed E-state index contributed by atoms with van der Waals surface area (Å²) in [6.07, 6.45) is -1.79. The number of hydrogen-bond acceptors (Lipinski definition) is 4. The summed E-state index contributed by atoms with van der Waals surface area (Å²) < 4.78 is 40.7. The first-order valence-corrected chi connectivity index (χ1v) is 6.96. The Hall–Kier alpha value is -1.06. The van der Waals surface area contributed by atoms with E-state index >= 15 is 0 Å². The molecule has 108 valence electrons. The second-order valence-electron chi connectivity index (χ2n) is 3.86. The van der Waals surface area contributed by atoms with E-state index in [4.69, 9.17) is 5.11 Å². The van der Waals surface area contributed by atoms with Gasteiger partial charge in [-0.05, 0) is 33.8 Å². The molecule has 2 heterocycles. The largest absolute Gasteiger partial charge is 0.419 e. The Balaban J connectivity index is 2.41. The van der Waals surface area contributed by atoms with E-state index in [-0.39, 0.29) is 16.1 Å². The van der Waals surface area contributed by atoms with E-state index in [1.165, 1.54) is 17.0 Å². The molecule has 0 radical (unpaired) electrons. The highest BCUT2D eigenvalue weighted by Gasteiger charge is 2.35. The molecule has 4 nitrogen and oxygen atoms in total. The Labute approximate surface area is 125 Å². The molecule has 9 heteroatoms. The van der Waals surface area contributed by atoms with Gasteiger partial charge in [-0.15, -0.1) is 0 Å². The van der Waals surface area contributed by atoms with Gasteiger partial charge in [0.05, 0.1) is 24.1 Å². The molecule has 0 saturated heterocycles. The van der Waals surface area contributed by atoms with E-state index in [2.05, 4.69) is 25.9 Å². The SMILES string of the molecule is Cn1c(CO)cnc1Sc1ncc(Br)cc1C(F)(F)F. The van der Waals surface area contributed by atoms with Crippen LogP contribution in [0.25, 0.3) is 0 Å². The van der Waals surface area contributed by atoms with E-state index in [1.807, 2.05) is 0 Å². The average molecular weight is 368 g/mol. The molecule has 0 aliphatic heterocycles. The summed E-state index contributed by atoms with van der Waals surface area (Å²) in [5.74, 6) is 0. The van der Waals surface area contributed by atoms with Gasteiger partial charge in [0.15, 0.2) is 5.16 Å². The fourth-order valence-electron chi connectivity index (χ4n) is 1.47. The van der Waals surface area contributed by atoms with Crippen LogP contribution in [0.15, 0.2) is 33.1 Å². The lowest BCUT2D eigenvalue weighted by atomic mass is 10.3. The van der Waals surface area contributed by atoms with Crippen LogP contribution in [-0.4, -0.2) is 19.6 Å². The normalized spacial score (nSPS) is 11.9. The van der Waals surface area contributed by atoms with Crippen LogP contribution < -0.4 is 0 Å². The van der Waals surface area contributed by atoms with Gasteiger partial charge in [-0.2, -0.15) is 13.2 Å². The monoisotopic (exact) mass is 367 g/mol. The lowest BCUT2D eigenvalue weighted by molar-refractivity contribution is -0.140. The summed E-state index contributed by atoms with van der Waals surface area (Å²) in [4.78, 5) is 7.77. The molecule has 0 amide bonds. The van der Waals surface area contributed by atoms with Crippen molar-refractivity contribution in [1.29, 1.82) is 0 Å². The third kappa shape index (κ3) is 3.15. The number of alkyl halides is 3. The van der Waals surface area contributed by atoms with Crippen molar-refractivity contribution in [1.82, 2.24) is 14.5 Å². The molecule has 2 aromatic rings. The minimum absolute atomic E-state index is 0.182. The number of halogens is 4. The van der Waals surface area contributed by atoms with Crippen LogP contribution in [-0.2, 0) is 19.8 Å². The first-order chi connectivity index (χ1) is 9.32. The second kappa shape index (κ2) is 5.74. The number of aliphatic hydroxyl groups is 1. The zero-order valence-corrected chi connectivity index (χ0v) is 12.6. The van der Waals surface area contributed by atoms with Gasteiger partial charge in [-0.25, -0.2) is 9.97 Å². The van der Waals surface area contributed by atoms with E-state index < -0.39 is 11.7 Å². The number of nitrogens with zero attached hydrogens (tertiary/aromatic N) is 3. The van der Waals surface area contributed by atoms with Gasteiger partial charge < -0.3 is 9.67 Å². The van der Waals surface area contributed by atoms with Gasteiger partial charge in [-0.3, -0.25) is 0 Å². The summed E-state index contributed by atoms with van der Waals surface area (Å²) in [6.45, 7) is -0.232. The Morgan fingerprint density at radius 3 is 2.60 bits per heavy atom. The van der Waals surface area contributed by atoms with Crippen molar-refractivity contribution in [2.75, 3.05) is 0 Å². The minimum Gasteiger partial charge on any atom is -0.390 e. The van der Waals surface area contributed by atoms with Gasteiger partial charge in [0.1, 0.15) is 5.03 Å². The standard InChI is InChI=1S/C11H9BrF3N3OS/c1-18-7(5-19)4-17-10(18)20-9-8(11(13,14)15)2-6(12)3-16-9/h2-4,19H,5H2,1H3.